The third kappa shape index (κ3) is 1.85. The second-order valence-corrected chi connectivity index (χ2v) is 7.66. The normalized spacial score (nSPS) is 35.0. The number of hydrogen-bond donors (Lipinski definition) is 0. The maximum atomic E-state index is 12.6. The Kier molecular flexibility index (Phi) is 2.93. The SMILES string of the molecule is CC(C)c1cc(C(=O)N2C[C@@H]3[C@H](C2)[C@H]2CC[C@@H]3O2)cs1. The number of ether oxygens (including phenoxy) is 1. The fourth-order valence-electron chi connectivity index (χ4n) is 4.08. The standard InChI is InChI=1S/C16H21NO2S/c1-9(2)15-5-10(8-20-15)16(18)17-6-11-12(7-17)14-4-3-13(11)19-14/h5,8-9,11-14H,3-4,6-7H2,1-2H3/t11-,12+,13+,14-. The number of hydrogen-bond acceptors (Lipinski definition) is 3. The highest BCUT2D eigenvalue weighted by Gasteiger charge is 2.53. The number of carbonyl (C=O) groups excluding carboxylic acids is 1. The van der Waals surface area contributed by atoms with Crippen LogP contribution in [0.3, 0.4) is 0 Å². The summed E-state index contributed by atoms with van der Waals surface area (Å²) in [5.41, 5.74) is 0.881. The molecule has 3 nitrogen and oxygen atoms in total. The molecule has 0 saturated carbocycles. The van der Waals surface area contributed by atoms with Gasteiger partial charge in [0.05, 0.1) is 17.8 Å². The van der Waals surface area contributed by atoms with E-state index in [0.717, 1.165) is 18.7 Å². The molecule has 1 amide bonds. The quantitative estimate of drug-likeness (QED) is 0.838. The largest absolute Gasteiger partial charge is 0.374 e. The van der Waals surface area contributed by atoms with Gasteiger partial charge in [-0.25, -0.2) is 0 Å². The number of thiophene rings is 1. The zero-order valence-electron chi connectivity index (χ0n) is 12.0. The third-order valence-electron chi connectivity index (χ3n) is 5.18. The van der Waals surface area contributed by atoms with Gasteiger partial charge in [0.25, 0.3) is 5.91 Å². The lowest BCUT2D eigenvalue weighted by Gasteiger charge is -2.18. The molecule has 1 aromatic rings. The van der Waals surface area contributed by atoms with Crippen LogP contribution >= 0.6 is 11.3 Å². The number of rotatable bonds is 2. The maximum absolute atomic E-state index is 12.6. The lowest BCUT2D eigenvalue weighted by molar-refractivity contribution is 0.0594. The van der Waals surface area contributed by atoms with Gasteiger partial charge in [-0.1, -0.05) is 13.8 Å². The van der Waals surface area contributed by atoms with Gasteiger partial charge in [0.2, 0.25) is 0 Å². The number of nitrogens with zero attached hydrogens (tertiary/aromatic N) is 1. The first kappa shape index (κ1) is 12.8. The Bertz CT molecular complexity index is 520. The first-order valence-electron chi connectivity index (χ1n) is 7.66. The molecule has 1 aromatic heterocycles. The van der Waals surface area contributed by atoms with Gasteiger partial charge in [-0.3, -0.25) is 4.79 Å². The van der Waals surface area contributed by atoms with Crippen molar-refractivity contribution in [1.29, 1.82) is 0 Å². The number of amides is 1. The minimum absolute atomic E-state index is 0.224. The molecule has 0 spiro atoms. The molecule has 0 N–H and O–H groups in total. The van der Waals surface area contributed by atoms with Gasteiger partial charge in [0.1, 0.15) is 0 Å². The summed E-state index contributed by atoms with van der Waals surface area (Å²) in [6.07, 6.45) is 3.25. The predicted molar refractivity (Wildman–Crippen MR) is 79.2 cm³/mol. The second kappa shape index (κ2) is 4.57. The highest BCUT2D eigenvalue weighted by atomic mass is 32.1. The van der Waals surface area contributed by atoms with Crippen LogP contribution in [0.15, 0.2) is 11.4 Å². The maximum Gasteiger partial charge on any atom is 0.254 e. The predicted octanol–water partition coefficient (Wildman–Crippen LogP) is 3.12. The smallest absolute Gasteiger partial charge is 0.254 e. The monoisotopic (exact) mass is 291 g/mol. The number of likely N-dealkylation sites (tertiary alicyclic amines) is 1. The van der Waals surface area contributed by atoms with Crippen LogP contribution in [0.5, 0.6) is 0 Å². The van der Waals surface area contributed by atoms with Gasteiger partial charge in [0.15, 0.2) is 0 Å². The van der Waals surface area contributed by atoms with E-state index >= 15 is 0 Å². The van der Waals surface area contributed by atoms with E-state index in [1.165, 1.54) is 17.7 Å². The fourth-order valence-corrected chi connectivity index (χ4v) is 4.98. The van der Waals surface area contributed by atoms with Crippen molar-refractivity contribution in [2.75, 3.05) is 13.1 Å². The van der Waals surface area contributed by atoms with Crippen molar-refractivity contribution >= 4 is 17.2 Å². The Hall–Kier alpha value is -0.870. The van der Waals surface area contributed by atoms with E-state index in [4.69, 9.17) is 4.74 Å². The third-order valence-corrected chi connectivity index (χ3v) is 6.41. The molecule has 3 fully saturated rings. The zero-order valence-corrected chi connectivity index (χ0v) is 12.9. The Morgan fingerprint density at radius 3 is 2.50 bits per heavy atom. The van der Waals surface area contributed by atoms with Gasteiger partial charge in [-0.15, -0.1) is 11.3 Å². The van der Waals surface area contributed by atoms with Crippen molar-refractivity contribution in [2.45, 2.75) is 44.8 Å². The summed E-state index contributed by atoms with van der Waals surface area (Å²) in [5.74, 6) is 1.92. The molecule has 0 unspecified atom stereocenters. The molecule has 4 heteroatoms. The molecule has 3 saturated heterocycles. The Morgan fingerprint density at radius 1 is 1.30 bits per heavy atom. The number of fused-ring (bicyclic) bond motifs is 5. The minimum atomic E-state index is 0.224. The molecule has 3 aliphatic heterocycles. The molecule has 0 aromatic carbocycles. The van der Waals surface area contributed by atoms with Crippen LogP contribution in [0.2, 0.25) is 0 Å². The first-order valence-corrected chi connectivity index (χ1v) is 8.54. The summed E-state index contributed by atoms with van der Waals surface area (Å²) in [4.78, 5) is 16.0. The lowest BCUT2D eigenvalue weighted by atomic mass is 9.82. The Morgan fingerprint density at radius 2 is 1.95 bits per heavy atom. The molecule has 20 heavy (non-hydrogen) atoms. The summed E-state index contributed by atoms with van der Waals surface area (Å²) in [6.45, 7) is 6.15. The minimum Gasteiger partial charge on any atom is -0.374 e. The van der Waals surface area contributed by atoms with Gasteiger partial charge in [0, 0.05) is 35.2 Å². The van der Waals surface area contributed by atoms with Crippen LogP contribution in [0.1, 0.15) is 47.8 Å². The van der Waals surface area contributed by atoms with E-state index in [-0.39, 0.29) is 5.91 Å². The van der Waals surface area contributed by atoms with Gasteiger partial charge in [-0.2, -0.15) is 0 Å². The van der Waals surface area contributed by atoms with Crippen LogP contribution in [0.25, 0.3) is 0 Å². The van der Waals surface area contributed by atoms with E-state index in [9.17, 15) is 4.79 Å². The van der Waals surface area contributed by atoms with Crippen LogP contribution in [0.4, 0.5) is 0 Å². The first-order chi connectivity index (χ1) is 9.63. The van der Waals surface area contributed by atoms with Crippen molar-refractivity contribution in [3.63, 3.8) is 0 Å². The lowest BCUT2D eigenvalue weighted by Crippen LogP contribution is -2.31. The molecule has 4 rings (SSSR count). The van der Waals surface area contributed by atoms with E-state index in [1.807, 2.05) is 5.38 Å². The van der Waals surface area contributed by atoms with E-state index in [1.54, 1.807) is 11.3 Å². The highest BCUT2D eigenvalue weighted by molar-refractivity contribution is 7.10. The van der Waals surface area contributed by atoms with Gasteiger partial charge < -0.3 is 9.64 Å². The van der Waals surface area contributed by atoms with Crippen molar-refractivity contribution in [3.8, 4) is 0 Å². The van der Waals surface area contributed by atoms with Crippen molar-refractivity contribution in [2.24, 2.45) is 11.8 Å². The highest BCUT2D eigenvalue weighted by Crippen LogP contribution is 2.47. The summed E-state index contributed by atoms with van der Waals surface area (Å²) in [6, 6.07) is 2.08. The summed E-state index contributed by atoms with van der Waals surface area (Å²) < 4.78 is 5.97. The molecular formula is C16H21NO2S. The molecular weight excluding hydrogens is 270 g/mol. The molecule has 4 heterocycles. The summed E-state index contributed by atoms with van der Waals surface area (Å²) in [7, 11) is 0. The van der Waals surface area contributed by atoms with Crippen molar-refractivity contribution < 1.29 is 9.53 Å². The molecule has 108 valence electrons. The zero-order chi connectivity index (χ0) is 13.9. The van der Waals surface area contributed by atoms with E-state index in [0.29, 0.717) is 30.0 Å². The molecule has 4 atom stereocenters. The molecule has 0 aliphatic carbocycles. The van der Waals surface area contributed by atoms with E-state index < -0.39 is 0 Å². The van der Waals surface area contributed by atoms with Crippen molar-refractivity contribution in [1.82, 2.24) is 4.90 Å². The van der Waals surface area contributed by atoms with Crippen LogP contribution in [0, 0.1) is 11.8 Å². The van der Waals surface area contributed by atoms with Crippen LogP contribution in [-0.2, 0) is 4.74 Å². The Balaban J connectivity index is 1.50. The van der Waals surface area contributed by atoms with Crippen LogP contribution < -0.4 is 0 Å². The number of carbonyl (C=O) groups is 1. The van der Waals surface area contributed by atoms with E-state index in [2.05, 4.69) is 24.8 Å². The molecule has 0 radical (unpaired) electrons. The molecule has 2 bridgehead atoms. The van der Waals surface area contributed by atoms with Gasteiger partial charge >= 0.3 is 0 Å². The fraction of sp³-hybridized carbons (Fsp3) is 0.688. The average molecular weight is 291 g/mol. The molecule has 3 aliphatic rings. The second-order valence-electron chi connectivity index (χ2n) is 6.72. The summed E-state index contributed by atoms with van der Waals surface area (Å²) in [5, 5.41) is 2.02. The average Bonchev–Trinajstić information content (AvgIpc) is 3.17. The van der Waals surface area contributed by atoms with Gasteiger partial charge in [-0.05, 0) is 24.8 Å². The van der Waals surface area contributed by atoms with Crippen LogP contribution in [-0.4, -0.2) is 36.1 Å². The van der Waals surface area contributed by atoms with Crippen molar-refractivity contribution in [3.05, 3.63) is 21.9 Å². The topological polar surface area (TPSA) is 29.5 Å². The summed E-state index contributed by atoms with van der Waals surface area (Å²) >= 11 is 1.71. The Labute approximate surface area is 123 Å².